The maximum atomic E-state index is 3.48. The van der Waals surface area contributed by atoms with Gasteiger partial charge in [-0.3, -0.25) is 0 Å². The largest absolute Gasteiger partial charge is 0.314 e. The highest BCUT2D eigenvalue weighted by molar-refractivity contribution is 7.99. The molecule has 2 heteroatoms. The predicted octanol–water partition coefficient (Wildman–Crippen LogP) is 2.80. The lowest BCUT2D eigenvalue weighted by atomic mass is 10.0. The molecule has 0 aromatic heterocycles. The molecule has 1 N–H and O–H groups in total. The SMILES string of the molecule is CNC1(CCC2CCCCS2)CC1. The van der Waals surface area contributed by atoms with E-state index in [-0.39, 0.29) is 0 Å². The Balaban J connectivity index is 1.66. The minimum atomic E-state index is 0.581. The first-order valence-electron chi connectivity index (χ1n) is 5.65. The molecule has 13 heavy (non-hydrogen) atoms. The van der Waals surface area contributed by atoms with E-state index in [0.29, 0.717) is 5.54 Å². The smallest absolute Gasteiger partial charge is 0.0180 e. The summed E-state index contributed by atoms with van der Waals surface area (Å²) in [6.07, 6.45) is 10.1. The van der Waals surface area contributed by atoms with E-state index in [9.17, 15) is 0 Å². The summed E-state index contributed by atoms with van der Waals surface area (Å²) < 4.78 is 0. The normalized spacial score (nSPS) is 31.6. The molecule has 2 fully saturated rings. The topological polar surface area (TPSA) is 12.0 Å². The van der Waals surface area contributed by atoms with Gasteiger partial charge in [-0.2, -0.15) is 11.8 Å². The average Bonchev–Trinajstić information content (AvgIpc) is 2.97. The van der Waals surface area contributed by atoms with Crippen LogP contribution >= 0.6 is 11.8 Å². The molecule has 1 saturated carbocycles. The Bertz CT molecular complexity index is 159. The Kier molecular flexibility index (Phi) is 3.20. The van der Waals surface area contributed by atoms with Crippen molar-refractivity contribution in [3.05, 3.63) is 0 Å². The van der Waals surface area contributed by atoms with Crippen molar-refractivity contribution in [1.82, 2.24) is 5.32 Å². The zero-order chi connectivity index (χ0) is 9.15. The van der Waals surface area contributed by atoms with Gasteiger partial charge in [0.2, 0.25) is 0 Å². The summed E-state index contributed by atoms with van der Waals surface area (Å²) >= 11 is 2.21. The van der Waals surface area contributed by atoms with Crippen molar-refractivity contribution in [2.75, 3.05) is 12.8 Å². The van der Waals surface area contributed by atoms with Gasteiger partial charge >= 0.3 is 0 Å². The van der Waals surface area contributed by atoms with Crippen LogP contribution in [0.1, 0.15) is 44.9 Å². The Morgan fingerprint density at radius 2 is 2.23 bits per heavy atom. The first kappa shape index (κ1) is 9.85. The van der Waals surface area contributed by atoms with Crippen molar-refractivity contribution in [2.45, 2.75) is 55.7 Å². The molecule has 1 atom stereocenters. The fourth-order valence-corrected chi connectivity index (χ4v) is 3.57. The van der Waals surface area contributed by atoms with Gasteiger partial charge < -0.3 is 5.32 Å². The van der Waals surface area contributed by atoms with Crippen molar-refractivity contribution in [1.29, 1.82) is 0 Å². The van der Waals surface area contributed by atoms with Crippen LogP contribution in [-0.4, -0.2) is 23.6 Å². The van der Waals surface area contributed by atoms with Gasteiger partial charge in [0.1, 0.15) is 0 Å². The van der Waals surface area contributed by atoms with Crippen LogP contribution in [0.15, 0.2) is 0 Å². The molecule has 0 amide bonds. The van der Waals surface area contributed by atoms with Crippen LogP contribution in [0, 0.1) is 0 Å². The molecule has 0 aromatic carbocycles. The van der Waals surface area contributed by atoms with Gasteiger partial charge in [-0.05, 0) is 51.3 Å². The third-order valence-electron chi connectivity index (χ3n) is 3.60. The highest BCUT2D eigenvalue weighted by Gasteiger charge is 2.40. The van der Waals surface area contributed by atoms with Crippen molar-refractivity contribution >= 4 is 11.8 Å². The van der Waals surface area contributed by atoms with Gasteiger partial charge in [-0.15, -0.1) is 0 Å². The molecule has 1 nitrogen and oxygen atoms in total. The van der Waals surface area contributed by atoms with Crippen molar-refractivity contribution in [3.8, 4) is 0 Å². The molecule has 1 saturated heterocycles. The fraction of sp³-hybridized carbons (Fsp3) is 1.00. The Hall–Kier alpha value is 0.310. The highest BCUT2D eigenvalue weighted by Crippen LogP contribution is 2.41. The van der Waals surface area contributed by atoms with E-state index in [4.69, 9.17) is 0 Å². The molecular weight excluding hydrogens is 178 g/mol. The van der Waals surface area contributed by atoms with Crippen molar-refractivity contribution in [3.63, 3.8) is 0 Å². The summed E-state index contributed by atoms with van der Waals surface area (Å²) in [6, 6.07) is 0. The van der Waals surface area contributed by atoms with Crippen LogP contribution in [-0.2, 0) is 0 Å². The molecule has 0 aromatic rings. The van der Waals surface area contributed by atoms with Crippen LogP contribution in [0.3, 0.4) is 0 Å². The molecule has 2 aliphatic rings. The van der Waals surface area contributed by atoms with Crippen molar-refractivity contribution in [2.24, 2.45) is 0 Å². The van der Waals surface area contributed by atoms with E-state index in [0.717, 1.165) is 5.25 Å². The molecule has 1 aliphatic carbocycles. The molecule has 1 heterocycles. The quantitative estimate of drug-likeness (QED) is 0.747. The lowest BCUT2D eigenvalue weighted by Crippen LogP contribution is -2.28. The van der Waals surface area contributed by atoms with Crippen LogP contribution in [0.2, 0.25) is 0 Å². The summed E-state index contributed by atoms with van der Waals surface area (Å²) in [5, 5.41) is 4.47. The van der Waals surface area contributed by atoms with Crippen LogP contribution < -0.4 is 5.32 Å². The van der Waals surface area contributed by atoms with Gasteiger partial charge in [-0.1, -0.05) is 6.42 Å². The lowest BCUT2D eigenvalue weighted by Gasteiger charge is -2.23. The molecule has 0 spiro atoms. The minimum absolute atomic E-state index is 0.581. The van der Waals surface area contributed by atoms with Crippen LogP contribution in [0.5, 0.6) is 0 Å². The Morgan fingerprint density at radius 3 is 2.77 bits per heavy atom. The monoisotopic (exact) mass is 199 g/mol. The zero-order valence-corrected chi connectivity index (χ0v) is 9.46. The summed E-state index contributed by atoms with van der Waals surface area (Å²) in [7, 11) is 2.13. The maximum Gasteiger partial charge on any atom is 0.0180 e. The standard InChI is InChI=1S/C11H21NS/c1-12-11(7-8-11)6-5-10-4-2-3-9-13-10/h10,12H,2-9H2,1H3. The summed E-state index contributed by atoms with van der Waals surface area (Å²) in [5.74, 6) is 1.41. The number of rotatable bonds is 4. The van der Waals surface area contributed by atoms with Gasteiger partial charge in [-0.25, -0.2) is 0 Å². The number of hydrogen-bond donors (Lipinski definition) is 1. The Morgan fingerprint density at radius 1 is 1.38 bits per heavy atom. The van der Waals surface area contributed by atoms with E-state index >= 15 is 0 Å². The number of thioether (sulfide) groups is 1. The predicted molar refractivity (Wildman–Crippen MR) is 60.4 cm³/mol. The first-order chi connectivity index (χ1) is 6.35. The zero-order valence-electron chi connectivity index (χ0n) is 8.64. The van der Waals surface area contributed by atoms with E-state index in [1.54, 1.807) is 0 Å². The molecular formula is C11H21NS. The van der Waals surface area contributed by atoms with E-state index in [1.165, 1.54) is 50.7 Å². The minimum Gasteiger partial charge on any atom is -0.314 e. The maximum absolute atomic E-state index is 3.48. The van der Waals surface area contributed by atoms with E-state index in [1.807, 2.05) is 0 Å². The third kappa shape index (κ3) is 2.63. The van der Waals surface area contributed by atoms with Crippen LogP contribution in [0.4, 0.5) is 0 Å². The van der Waals surface area contributed by atoms with Gasteiger partial charge in [0.25, 0.3) is 0 Å². The van der Waals surface area contributed by atoms with Gasteiger partial charge in [0.05, 0.1) is 0 Å². The van der Waals surface area contributed by atoms with Gasteiger partial charge in [0, 0.05) is 10.8 Å². The second-order valence-corrected chi connectivity index (χ2v) is 5.97. The van der Waals surface area contributed by atoms with Gasteiger partial charge in [0.15, 0.2) is 0 Å². The lowest BCUT2D eigenvalue weighted by molar-refractivity contribution is 0.473. The number of nitrogens with one attached hydrogen (secondary N) is 1. The third-order valence-corrected chi connectivity index (χ3v) is 5.07. The van der Waals surface area contributed by atoms with E-state index < -0.39 is 0 Å². The molecule has 76 valence electrons. The van der Waals surface area contributed by atoms with Crippen molar-refractivity contribution < 1.29 is 0 Å². The molecule has 0 radical (unpaired) electrons. The Labute approximate surface area is 86.0 Å². The summed E-state index contributed by atoms with van der Waals surface area (Å²) in [6.45, 7) is 0. The second-order valence-electron chi connectivity index (χ2n) is 4.56. The second kappa shape index (κ2) is 4.22. The first-order valence-corrected chi connectivity index (χ1v) is 6.70. The summed E-state index contributed by atoms with van der Waals surface area (Å²) in [4.78, 5) is 0. The molecule has 1 unspecified atom stereocenters. The van der Waals surface area contributed by atoms with E-state index in [2.05, 4.69) is 24.1 Å². The average molecular weight is 199 g/mol. The number of hydrogen-bond acceptors (Lipinski definition) is 2. The summed E-state index contributed by atoms with van der Waals surface area (Å²) in [5.41, 5.74) is 0.581. The molecule has 0 bridgehead atoms. The van der Waals surface area contributed by atoms with Crippen LogP contribution in [0.25, 0.3) is 0 Å². The highest BCUT2D eigenvalue weighted by atomic mass is 32.2. The molecule has 1 aliphatic heterocycles. The molecule has 2 rings (SSSR count). The fourth-order valence-electron chi connectivity index (χ4n) is 2.25.